The fourth-order valence-electron chi connectivity index (χ4n) is 2.54. The molecule has 0 saturated heterocycles. The van der Waals surface area contributed by atoms with E-state index in [1.54, 1.807) is 11.8 Å². The third-order valence-corrected chi connectivity index (χ3v) is 3.97. The summed E-state index contributed by atoms with van der Waals surface area (Å²) in [5.41, 5.74) is -0.833. The number of rotatable bonds is 6. The zero-order chi connectivity index (χ0) is 23.0. The van der Waals surface area contributed by atoms with Crippen LogP contribution in [0.1, 0.15) is 11.3 Å². The number of benzene rings is 2. The average molecular weight is 428 g/mol. The Labute approximate surface area is 175 Å². The lowest BCUT2D eigenvalue weighted by atomic mass is 10.1. The zero-order valence-electron chi connectivity index (χ0n) is 16.1. The van der Waals surface area contributed by atoms with Crippen LogP contribution in [0.2, 0.25) is 0 Å². The molecule has 0 N–H and O–H groups in total. The first kappa shape index (κ1) is 22.7. The molecule has 3 rings (SSSR count). The highest BCUT2D eigenvalue weighted by molar-refractivity contribution is 5.64. The van der Waals surface area contributed by atoms with Gasteiger partial charge in [0, 0.05) is 16.9 Å². The van der Waals surface area contributed by atoms with Gasteiger partial charge in [-0.2, -0.15) is 0 Å². The largest absolute Gasteiger partial charge is 0.863 e. The predicted molar refractivity (Wildman–Crippen MR) is 104 cm³/mol. The van der Waals surface area contributed by atoms with E-state index in [4.69, 9.17) is 4.84 Å². The third kappa shape index (κ3) is 5.93. The Kier molecular flexibility index (Phi) is 7.50. The van der Waals surface area contributed by atoms with E-state index in [0.29, 0.717) is 12.1 Å². The van der Waals surface area contributed by atoms with Gasteiger partial charge in [0.25, 0.3) is 17.1 Å². The normalized spacial score (nSPS) is 9.84. The van der Waals surface area contributed by atoms with Crippen molar-refractivity contribution in [3.8, 4) is 5.75 Å². The summed E-state index contributed by atoms with van der Waals surface area (Å²) >= 11 is 0. The van der Waals surface area contributed by atoms with E-state index in [2.05, 4.69) is 30.3 Å². The van der Waals surface area contributed by atoms with Crippen LogP contribution in [0.4, 0.5) is 17.1 Å². The third-order valence-electron chi connectivity index (χ3n) is 3.97. The molecule has 0 spiro atoms. The first-order valence-corrected chi connectivity index (χ1v) is 8.60. The smallest absolute Gasteiger partial charge is 0.283 e. The van der Waals surface area contributed by atoms with E-state index >= 15 is 0 Å². The summed E-state index contributed by atoms with van der Waals surface area (Å²) in [6.45, 7) is 0. The van der Waals surface area contributed by atoms with E-state index < -0.39 is 37.6 Å². The van der Waals surface area contributed by atoms with Crippen molar-refractivity contribution in [3.63, 3.8) is 0 Å². The number of hydrogen-bond acceptors (Lipinski definition) is 8. The van der Waals surface area contributed by atoms with E-state index in [0.717, 1.165) is 12.1 Å². The first-order chi connectivity index (χ1) is 14.7. The molecule has 31 heavy (non-hydrogen) atoms. The fraction of sp³-hybridized carbons (Fsp3) is 0.105. The maximum Gasteiger partial charge on any atom is 0.283 e. The molecule has 1 heterocycles. The highest BCUT2D eigenvalue weighted by atomic mass is 16.6. The Morgan fingerprint density at radius 1 is 0.839 bits per heavy atom. The van der Waals surface area contributed by atoms with Gasteiger partial charge in [-0.1, -0.05) is 30.3 Å². The number of pyridine rings is 1. The van der Waals surface area contributed by atoms with Crippen LogP contribution in [0.25, 0.3) is 0 Å². The molecule has 12 heteroatoms. The van der Waals surface area contributed by atoms with Crippen molar-refractivity contribution in [3.05, 3.63) is 108 Å². The topological polar surface area (TPSA) is 166 Å². The molecule has 160 valence electrons. The monoisotopic (exact) mass is 428 g/mol. The summed E-state index contributed by atoms with van der Waals surface area (Å²) in [6, 6.07) is 17.2. The minimum absolute atomic E-state index is 0.384. The number of nitro groups is 3. The van der Waals surface area contributed by atoms with Gasteiger partial charge in [0.15, 0.2) is 0 Å². The van der Waals surface area contributed by atoms with Crippen LogP contribution < -0.4 is 14.7 Å². The van der Waals surface area contributed by atoms with Gasteiger partial charge in [-0.25, -0.2) is 0 Å². The van der Waals surface area contributed by atoms with E-state index in [1.165, 1.54) is 5.56 Å². The molecule has 0 aliphatic heterocycles. The summed E-state index contributed by atoms with van der Waals surface area (Å²) in [7, 11) is 1.68. The van der Waals surface area contributed by atoms with Crippen LogP contribution in [0, 0.1) is 30.3 Å². The average Bonchev–Trinajstić information content (AvgIpc) is 2.75. The quantitative estimate of drug-likeness (QED) is 0.327. The molecule has 3 aromatic rings. The molecule has 0 saturated carbocycles. The van der Waals surface area contributed by atoms with Gasteiger partial charge in [0.1, 0.15) is 7.11 Å². The summed E-state index contributed by atoms with van der Waals surface area (Å²) < 4.78 is 1.78. The lowest BCUT2D eigenvalue weighted by molar-refractivity contribution is -0.890. The maximum atomic E-state index is 11.1. The van der Waals surface area contributed by atoms with E-state index in [9.17, 15) is 35.4 Å². The molecule has 0 fully saturated rings. The first-order valence-electron chi connectivity index (χ1n) is 8.60. The Morgan fingerprint density at radius 3 is 1.87 bits per heavy atom. The minimum atomic E-state index is -1.46. The second-order valence-electron chi connectivity index (χ2n) is 5.95. The molecule has 0 aliphatic carbocycles. The summed E-state index contributed by atoms with van der Waals surface area (Å²) in [6.07, 6.45) is 2.80. The lowest BCUT2D eigenvalue weighted by Gasteiger charge is -2.06. The molecular weight excluding hydrogens is 412 g/mol. The van der Waals surface area contributed by atoms with Crippen molar-refractivity contribution in [1.82, 2.24) is 0 Å². The number of nitrogens with zero attached hydrogens (tertiary/aromatic N) is 4. The van der Waals surface area contributed by atoms with Crippen molar-refractivity contribution >= 4 is 17.1 Å². The van der Waals surface area contributed by atoms with Crippen LogP contribution >= 0.6 is 0 Å². The van der Waals surface area contributed by atoms with Gasteiger partial charge in [-0.05, 0) is 11.6 Å². The Bertz CT molecular complexity index is 1070. The number of hydrogen-bond donors (Lipinski definition) is 0. The van der Waals surface area contributed by atoms with Crippen molar-refractivity contribution in [2.75, 3.05) is 7.11 Å². The highest BCUT2D eigenvalue weighted by Crippen LogP contribution is 2.36. The second kappa shape index (κ2) is 10.2. The van der Waals surface area contributed by atoms with Crippen molar-refractivity contribution in [1.29, 1.82) is 0 Å². The molecular formula is C19H16N4O8. The van der Waals surface area contributed by atoms with Gasteiger partial charge < -0.3 is 5.11 Å². The van der Waals surface area contributed by atoms with Gasteiger partial charge in [0.05, 0.1) is 39.1 Å². The van der Waals surface area contributed by atoms with E-state index in [1.807, 2.05) is 24.4 Å². The van der Waals surface area contributed by atoms with Crippen LogP contribution in [0.5, 0.6) is 5.75 Å². The Balaban J connectivity index is 0.000000220. The van der Waals surface area contributed by atoms with Crippen molar-refractivity contribution < 1.29 is 29.4 Å². The molecule has 0 unspecified atom stereocenters. The molecule has 0 aliphatic rings. The fourth-order valence-corrected chi connectivity index (χ4v) is 2.54. The SMILES string of the molecule is CO[n+]1ccccc1Cc1ccccc1.O=[N+]([O-])c1cc([N+](=O)[O-])c([O-])c([N+](=O)[O-])c1. The molecule has 0 bridgehead atoms. The number of non-ortho nitro benzene ring substituents is 1. The maximum absolute atomic E-state index is 11.1. The van der Waals surface area contributed by atoms with Crippen molar-refractivity contribution in [2.45, 2.75) is 6.42 Å². The molecule has 0 atom stereocenters. The number of aromatic nitrogens is 1. The molecule has 1 aromatic heterocycles. The van der Waals surface area contributed by atoms with Gasteiger partial charge >= 0.3 is 0 Å². The lowest BCUT2D eigenvalue weighted by Crippen LogP contribution is -2.44. The standard InChI is InChI=1S/C13H14NO.C6H3N3O7/c1-15-14-10-6-5-9-13(14)11-12-7-3-2-4-8-12;10-6-4(8(13)14)1-3(7(11)12)2-5(6)9(15)16/h2-10H,11H2,1H3;1-2,10H/q+1;/p-1. The Hall–Kier alpha value is -4.61. The number of nitro benzene ring substituents is 3. The minimum Gasteiger partial charge on any atom is -0.863 e. The van der Waals surface area contributed by atoms with Gasteiger partial charge in [-0.3, -0.25) is 35.2 Å². The summed E-state index contributed by atoms with van der Waals surface area (Å²) in [5.74, 6) is -1.46. The molecule has 2 aromatic carbocycles. The van der Waals surface area contributed by atoms with E-state index in [-0.39, 0.29) is 0 Å². The predicted octanol–water partition coefficient (Wildman–Crippen LogP) is 2.11. The molecule has 12 nitrogen and oxygen atoms in total. The zero-order valence-corrected chi connectivity index (χ0v) is 16.1. The second-order valence-corrected chi connectivity index (χ2v) is 5.95. The molecule has 0 radical (unpaired) electrons. The van der Waals surface area contributed by atoms with Crippen LogP contribution in [-0.4, -0.2) is 21.9 Å². The Morgan fingerprint density at radius 2 is 1.39 bits per heavy atom. The van der Waals surface area contributed by atoms with Crippen LogP contribution in [0.3, 0.4) is 0 Å². The summed E-state index contributed by atoms with van der Waals surface area (Å²) in [5, 5.41) is 42.1. The van der Waals surface area contributed by atoms with Crippen LogP contribution in [0.15, 0.2) is 66.9 Å². The van der Waals surface area contributed by atoms with Crippen molar-refractivity contribution in [2.24, 2.45) is 0 Å². The van der Waals surface area contributed by atoms with Gasteiger partial charge in [0.2, 0.25) is 11.9 Å². The summed E-state index contributed by atoms with van der Waals surface area (Å²) in [4.78, 5) is 32.7. The highest BCUT2D eigenvalue weighted by Gasteiger charge is 2.24. The van der Waals surface area contributed by atoms with Crippen LogP contribution in [-0.2, 0) is 6.42 Å². The molecule has 0 amide bonds. The van der Waals surface area contributed by atoms with Gasteiger partial charge in [-0.15, -0.1) is 0 Å².